The molecule has 0 radical (unpaired) electrons. The molecule has 0 aromatic heterocycles. The van der Waals surface area contributed by atoms with E-state index in [1.807, 2.05) is 0 Å². The molecule has 12 heavy (non-hydrogen) atoms. The van der Waals surface area contributed by atoms with E-state index < -0.39 is 4.92 Å². The molecule has 0 heterocycles. The molecule has 0 aliphatic heterocycles. The Morgan fingerprint density at radius 1 is 1.50 bits per heavy atom. The Kier molecular flexibility index (Phi) is 2.58. The summed E-state index contributed by atoms with van der Waals surface area (Å²) in [5.41, 5.74) is 1.31. The van der Waals surface area contributed by atoms with Crippen LogP contribution in [0.5, 0.6) is 0 Å². The zero-order valence-electron chi connectivity index (χ0n) is 7.00. The second-order valence-corrected chi connectivity index (χ2v) is 3.03. The standard InChI is InChI=1S/C8H11NO3/c1-6-3-2-4-8(10)7(6)5-9(11)12/h2-5H2,1H3. The van der Waals surface area contributed by atoms with Gasteiger partial charge in [-0.15, -0.1) is 0 Å². The van der Waals surface area contributed by atoms with E-state index >= 15 is 0 Å². The third-order valence-corrected chi connectivity index (χ3v) is 2.09. The van der Waals surface area contributed by atoms with Crippen LogP contribution in [0.15, 0.2) is 11.1 Å². The average molecular weight is 169 g/mol. The molecule has 0 saturated carbocycles. The minimum Gasteiger partial charge on any atom is -0.294 e. The molecule has 66 valence electrons. The molecule has 0 aromatic rings. The highest BCUT2D eigenvalue weighted by Crippen LogP contribution is 2.21. The maximum atomic E-state index is 11.2. The molecule has 0 N–H and O–H groups in total. The number of hydrogen-bond donors (Lipinski definition) is 0. The molecule has 1 aliphatic rings. The summed E-state index contributed by atoms with van der Waals surface area (Å²) in [6.07, 6.45) is 2.14. The minimum atomic E-state index is -0.442. The normalized spacial score (nSPS) is 18.2. The molecule has 0 amide bonds. The largest absolute Gasteiger partial charge is 0.294 e. The third kappa shape index (κ3) is 1.90. The average Bonchev–Trinajstić information content (AvgIpc) is 1.97. The molecule has 0 bridgehead atoms. The molecule has 0 saturated heterocycles. The molecule has 0 atom stereocenters. The smallest absolute Gasteiger partial charge is 0.232 e. The monoisotopic (exact) mass is 169 g/mol. The fourth-order valence-electron chi connectivity index (χ4n) is 1.41. The van der Waals surface area contributed by atoms with E-state index in [1.165, 1.54) is 0 Å². The van der Waals surface area contributed by atoms with E-state index in [4.69, 9.17) is 0 Å². The van der Waals surface area contributed by atoms with Crippen LogP contribution in [-0.4, -0.2) is 17.3 Å². The summed E-state index contributed by atoms with van der Waals surface area (Å²) in [5, 5.41) is 10.2. The molecule has 0 spiro atoms. The van der Waals surface area contributed by atoms with Gasteiger partial charge in [0.2, 0.25) is 6.54 Å². The number of allylic oxidation sites excluding steroid dienone is 1. The van der Waals surface area contributed by atoms with Crippen LogP contribution in [0.3, 0.4) is 0 Å². The SMILES string of the molecule is CC1=C(C[N+](=O)[O-])C(=O)CCC1. The lowest BCUT2D eigenvalue weighted by molar-refractivity contribution is -0.470. The van der Waals surface area contributed by atoms with Crippen LogP contribution >= 0.6 is 0 Å². The minimum absolute atomic E-state index is 0.0459. The van der Waals surface area contributed by atoms with Gasteiger partial charge < -0.3 is 0 Å². The molecular weight excluding hydrogens is 158 g/mol. The van der Waals surface area contributed by atoms with Gasteiger partial charge in [0.15, 0.2) is 5.78 Å². The van der Waals surface area contributed by atoms with Crippen LogP contribution < -0.4 is 0 Å². The van der Waals surface area contributed by atoms with Crippen LogP contribution in [0.2, 0.25) is 0 Å². The fraction of sp³-hybridized carbons (Fsp3) is 0.625. The Hall–Kier alpha value is -1.19. The summed E-state index contributed by atoms with van der Waals surface area (Å²) < 4.78 is 0. The van der Waals surface area contributed by atoms with Crippen molar-refractivity contribution in [1.29, 1.82) is 0 Å². The van der Waals surface area contributed by atoms with Crippen LogP contribution in [0.4, 0.5) is 0 Å². The van der Waals surface area contributed by atoms with Gasteiger partial charge in [-0.2, -0.15) is 0 Å². The van der Waals surface area contributed by atoms with Crippen molar-refractivity contribution in [3.63, 3.8) is 0 Å². The Balaban J connectivity index is 2.81. The second-order valence-electron chi connectivity index (χ2n) is 3.03. The van der Waals surface area contributed by atoms with Gasteiger partial charge >= 0.3 is 0 Å². The molecule has 0 fully saturated rings. The van der Waals surface area contributed by atoms with Gasteiger partial charge in [-0.05, 0) is 19.8 Å². The van der Waals surface area contributed by atoms with Crippen molar-refractivity contribution in [2.24, 2.45) is 0 Å². The van der Waals surface area contributed by atoms with Crippen LogP contribution in [0.25, 0.3) is 0 Å². The van der Waals surface area contributed by atoms with E-state index in [1.54, 1.807) is 6.92 Å². The van der Waals surface area contributed by atoms with Crippen molar-refractivity contribution >= 4 is 5.78 Å². The third-order valence-electron chi connectivity index (χ3n) is 2.09. The summed E-state index contributed by atoms with van der Waals surface area (Å²) in [4.78, 5) is 20.9. The molecule has 1 aliphatic carbocycles. The van der Waals surface area contributed by atoms with Crippen LogP contribution in [0, 0.1) is 10.1 Å². The van der Waals surface area contributed by atoms with E-state index in [0.717, 1.165) is 18.4 Å². The lowest BCUT2D eigenvalue weighted by Gasteiger charge is -2.12. The first-order chi connectivity index (χ1) is 5.61. The summed E-state index contributed by atoms with van der Waals surface area (Å²) in [7, 11) is 0. The van der Waals surface area contributed by atoms with Crippen LogP contribution in [0.1, 0.15) is 26.2 Å². The Morgan fingerprint density at radius 2 is 2.17 bits per heavy atom. The van der Waals surface area contributed by atoms with Gasteiger partial charge in [-0.1, -0.05) is 5.57 Å². The molecule has 4 heteroatoms. The zero-order chi connectivity index (χ0) is 9.14. The highest BCUT2D eigenvalue weighted by molar-refractivity contribution is 5.97. The van der Waals surface area contributed by atoms with Gasteiger partial charge in [-0.25, -0.2) is 0 Å². The first-order valence-corrected chi connectivity index (χ1v) is 3.95. The summed E-state index contributed by atoms with van der Waals surface area (Å²) in [6.45, 7) is 1.50. The quantitative estimate of drug-likeness (QED) is 0.462. The number of hydrogen-bond acceptors (Lipinski definition) is 3. The predicted molar refractivity (Wildman–Crippen MR) is 43.4 cm³/mol. The van der Waals surface area contributed by atoms with E-state index in [2.05, 4.69) is 0 Å². The predicted octanol–water partition coefficient (Wildman–Crippen LogP) is 1.33. The highest BCUT2D eigenvalue weighted by atomic mass is 16.6. The number of carbonyl (C=O) groups is 1. The maximum Gasteiger partial charge on any atom is 0.232 e. The summed E-state index contributed by atoms with van der Waals surface area (Å²) in [6, 6.07) is 0. The molecule has 0 unspecified atom stereocenters. The lowest BCUT2D eigenvalue weighted by atomic mass is 9.92. The van der Waals surface area contributed by atoms with Gasteiger partial charge in [0.25, 0.3) is 0 Å². The van der Waals surface area contributed by atoms with Crippen molar-refractivity contribution in [3.8, 4) is 0 Å². The number of rotatable bonds is 2. The summed E-state index contributed by atoms with van der Waals surface area (Å²) in [5.74, 6) is -0.0459. The Bertz CT molecular complexity index is 255. The summed E-state index contributed by atoms with van der Waals surface area (Å²) >= 11 is 0. The topological polar surface area (TPSA) is 60.2 Å². The lowest BCUT2D eigenvalue weighted by Crippen LogP contribution is -2.17. The Morgan fingerprint density at radius 3 is 2.67 bits per heavy atom. The van der Waals surface area contributed by atoms with Gasteiger partial charge in [0, 0.05) is 11.3 Å². The number of ketones is 1. The highest BCUT2D eigenvalue weighted by Gasteiger charge is 2.21. The number of nitro groups is 1. The van der Waals surface area contributed by atoms with Gasteiger partial charge in [-0.3, -0.25) is 14.9 Å². The molecule has 4 nitrogen and oxygen atoms in total. The van der Waals surface area contributed by atoms with E-state index in [0.29, 0.717) is 12.0 Å². The van der Waals surface area contributed by atoms with Gasteiger partial charge in [0.05, 0.1) is 5.57 Å². The van der Waals surface area contributed by atoms with Gasteiger partial charge in [0.1, 0.15) is 0 Å². The zero-order valence-corrected chi connectivity index (χ0v) is 7.00. The second kappa shape index (κ2) is 3.47. The van der Waals surface area contributed by atoms with E-state index in [-0.39, 0.29) is 12.3 Å². The van der Waals surface area contributed by atoms with Crippen molar-refractivity contribution < 1.29 is 9.72 Å². The maximum absolute atomic E-state index is 11.2. The van der Waals surface area contributed by atoms with Crippen molar-refractivity contribution in [1.82, 2.24) is 0 Å². The molecule has 1 rings (SSSR count). The Labute approximate surface area is 70.4 Å². The number of Topliss-reactive ketones (excluding diaryl/α,β-unsaturated/α-hetero) is 1. The fourth-order valence-corrected chi connectivity index (χ4v) is 1.41. The first kappa shape index (κ1) is 8.90. The van der Waals surface area contributed by atoms with Crippen molar-refractivity contribution in [2.45, 2.75) is 26.2 Å². The molecule has 0 aromatic carbocycles. The van der Waals surface area contributed by atoms with Crippen molar-refractivity contribution in [3.05, 3.63) is 21.3 Å². The number of carbonyl (C=O) groups excluding carboxylic acids is 1. The molecular formula is C8H11NO3. The van der Waals surface area contributed by atoms with Crippen LogP contribution in [-0.2, 0) is 4.79 Å². The van der Waals surface area contributed by atoms with E-state index in [9.17, 15) is 14.9 Å². The van der Waals surface area contributed by atoms with Crippen molar-refractivity contribution in [2.75, 3.05) is 6.54 Å². The first-order valence-electron chi connectivity index (χ1n) is 3.95. The number of nitrogens with zero attached hydrogens (tertiary/aromatic N) is 1.